The Morgan fingerprint density at radius 2 is 2.17 bits per heavy atom. The summed E-state index contributed by atoms with van der Waals surface area (Å²) in [4.78, 5) is 18.7. The van der Waals surface area contributed by atoms with Gasteiger partial charge in [-0.25, -0.2) is 18.9 Å². The zero-order chi connectivity index (χ0) is 21.7. The van der Waals surface area contributed by atoms with Crippen LogP contribution in [0.4, 0.5) is 0 Å². The van der Waals surface area contributed by atoms with E-state index in [2.05, 4.69) is 40.6 Å². The van der Waals surface area contributed by atoms with Gasteiger partial charge < -0.3 is 4.90 Å². The summed E-state index contributed by atoms with van der Waals surface area (Å²) >= 11 is 1.48. The van der Waals surface area contributed by atoms with Gasteiger partial charge in [-0.15, -0.1) is 11.3 Å². The number of thiazole rings is 1. The van der Waals surface area contributed by atoms with Crippen molar-refractivity contribution in [2.24, 2.45) is 11.3 Å². The number of hydroxylamine groups is 1. The molecule has 0 unspecified atom stereocenters. The Kier molecular flexibility index (Phi) is 7.11. The number of nitrogens with zero attached hydrogens (tertiary/aromatic N) is 2. The van der Waals surface area contributed by atoms with Crippen molar-refractivity contribution in [2.75, 3.05) is 25.9 Å². The first-order chi connectivity index (χ1) is 14.3. The van der Waals surface area contributed by atoms with Gasteiger partial charge in [0.1, 0.15) is 10.7 Å². The molecule has 2 heterocycles. The first-order valence-corrected chi connectivity index (χ1v) is 11.6. The molecule has 1 aliphatic rings. The Balaban J connectivity index is 1.69. The van der Waals surface area contributed by atoms with E-state index >= 15 is 0 Å². The molecule has 0 bridgehead atoms. The van der Waals surface area contributed by atoms with Gasteiger partial charge in [0, 0.05) is 31.0 Å². The smallest absolute Gasteiger partial charge is 0.250 e. The minimum Gasteiger partial charge on any atom is -0.304 e. The van der Waals surface area contributed by atoms with Crippen molar-refractivity contribution in [3.05, 3.63) is 28.8 Å². The lowest BCUT2D eigenvalue weighted by atomic mass is 9.87. The first kappa shape index (κ1) is 22.3. The second-order valence-electron chi connectivity index (χ2n) is 7.72. The minimum atomic E-state index is -2.76. The van der Waals surface area contributed by atoms with Gasteiger partial charge >= 0.3 is 0 Å². The van der Waals surface area contributed by atoms with Gasteiger partial charge in [-0.05, 0) is 50.4 Å². The van der Waals surface area contributed by atoms with Gasteiger partial charge in [0.15, 0.2) is 0 Å². The number of hydrogen-bond donors (Lipinski definition) is 3. The predicted molar refractivity (Wildman–Crippen MR) is 117 cm³/mol. The number of amides is 1. The Labute approximate surface area is 181 Å². The second kappa shape index (κ2) is 9.59. The van der Waals surface area contributed by atoms with Gasteiger partial charge in [0.05, 0.1) is 26.4 Å². The molecular weight excluding hydrogens is 422 g/mol. The lowest BCUT2D eigenvalue weighted by molar-refractivity contribution is -0.138. The van der Waals surface area contributed by atoms with Crippen LogP contribution in [0.3, 0.4) is 0 Å². The number of carbonyl (C=O) groups excluding carboxylic acids is 1. The molecule has 2 aromatic rings. The molecule has 1 amide bonds. The maximum absolute atomic E-state index is 11.9. The van der Waals surface area contributed by atoms with Crippen molar-refractivity contribution in [2.45, 2.75) is 19.8 Å². The van der Waals surface area contributed by atoms with Gasteiger partial charge in [-0.2, -0.15) is 0 Å². The van der Waals surface area contributed by atoms with Crippen molar-refractivity contribution in [1.82, 2.24) is 15.4 Å². The quantitative estimate of drug-likeness (QED) is 0.268. The highest BCUT2D eigenvalue weighted by molar-refractivity contribution is 7.72. The number of likely N-dealkylation sites (tertiary alicyclic amines) is 1. The maximum Gasteiger partial charge on any atom is 0.250 e. The minimum absolute atomic E-state index is 0.251. The molecule has 30 heavy (non-hydrogen) atoms. The lowest BCUT2D eigenvalue weighted by Crippen LogP contribution is -2.42. The maximum atomic E-state index is 11.9. The van der Waals surface area contributed by atoms with E-state index in [1.165, 1.54) is 18.3 Å². The molecule has 1 aromatic heterocycles. The van der Waals surface area contributed by atoms with E-state index in [0.29, 0.717) is 12.3 Å². The fourth-order valence-corrected chi connectivity index (χ4v) is 5.13. The molecule has 1 atom stereocenters. The number of benzene rings is 1. The largest absolute Gasteiger partial charge is 0.304 e. The van der Waals surface area contributed by atoms with E-state index in [4.69, 9.17) is 5.21 Å². The molecule has 2 N–H and O–H groups in total. The monoisotopic (exact) mass is 445 g/mol. The van der Waals surface area contributed by atoms with Crippen LogP contribution in [0.1, 0.15) is 23.9 Å². The third-order valence-corrected chi connectivity index (χ3v) is 7.10. The SMILES string of the molecule is CN1CC(C#CC#Cc2ccc3nc(CC[C@@](C)(C[SH](=O)=O)C(=O)NO)sc3c2)C1. The Morgan fingerprint density at radius 3 is 2.83 bits per heavy atom. The highest BCUT2D eigenvalue weighted by atomic mass is 32.2. The van der Waals surface area contributed by atoms with Crippen molar-refractivity contribution >= 4 is 38.2 Å². The second-order valence-corrected chi connectivity index (χ2v) is 9.82. The number of nitrogens with one attached hydrogen (secondary N) is 1. The Bertz CT molecular complexity index is 1140. The molecule has 1 aromatic carbocycles. The van der Waals surface area contributed by atoms with Crippen LogP contribution in [0.15, 0.2) is 18.2 Å². The van der Waals surface area contributed by atoms with Gasteiger partial charge in [0.2, 0.25) is 5.91 Å². The molecule has 0 radical (unpaired) electrons. The number of carbonyl (C=O) groups is 1. The summed E-state index contributed by atoms with van der Waals surface area (Å²) in [5.41, 5.74) is 2.03. The van der Waals surface area contributed by atoms with Gasteiger partial charge in [0.25, 0.3) is 0 Å². The van der Waals surface area contributed by atoms with E-state index in [0.717, 1.165) is 33.9 Å². The summed E-state index contributed by atoms with van der Waals surface area (Å²) < 4.78 is 23.3. The Morgan fingerprint density at radius 1 is 1.40 bits per heavy atom. The number of rotatable bonds is 6. The van der Waals surface area contributed by atoms with Crippen LogP contribution in [0.5, 0.6) is 0 Å². The number of hydrogen-bond acceptors (Lipinski definition) is 7. The summed E-state index contributed by atoms with van der Waals surface area (Å²) in [5.74, 6) is 11.4. The van der Waals surface area contributed by atoms with Crippen LogP contribution >= 0.6 is 11.3 Å². The predicted octanol–water partition coefficient (Wildman–Crippen LogP) is 1.27. The topological polar surface area (TPSA) is 99.6 Å². The van der Waals surface area contributed by atoms with Crippen LogP contribution in [0.25, 0.3) is 10.2 Å². The molecule has 1 fully saturated rings. The molecular formula is C21H23N3O4S2. The molecule has 0 spiro atoms. The molecule has 7 nitrogen and oxygen atoms in total. The molecule has 1 aliphatic heterocycles. The van der Waals surface area contributed by atoms with Crippen molar-refractivity contribution in [3.63, 3.8) is 0 Å². The Hall–Kier alpha value is -2.43. The molecule has 9 heteroatoms. The van der Waals surface area contributed by atoms with Crippen LogP contribution in [-0.2, 0) is 21.9 Å². The molecule has 158 valence electrons. The number of fused-ring (bicyclic) bond motifs is 1. The number of aryl methyl sites for hydroxylation is 1. The van der Waals surface area contributed by atoms with E-state index in [1.54, 1.807) is 5.48 Å². The number of thiol groups is 1. The van der Waals surface area contributed by atoms with Crippen molar-refractivity contribution in [1.29, 1.82) is 0 Å². The zero-order valence-corrected chi connectivity index (χ0v) is 18.5. The summed E-state index contributed by atoms with van der Waals surface area (Å²) in [6.45, 7) is 3.51. The zero-order valence-electron chi connectivity index (χ0n) is 16.8. The highest BCUT2D eigenvalue weighted by Gasteiger charge is 2.34. The van der Waals surface area contributed by atoms with E-state index in [-0.39, 0.29) is 12.2 Å². The van der Waals surface area contributed by atoms with Crippen molar-refractivity contribution in [3.8, 4) is 23.7 Å². The van der Waals surface area contributed by atoms with Crippen LogP contribution in [-0.4, -0.2) is 55.3 Å². The van der Waals surface area contributed by atoms with E-state index in [9.17, 15) is 13.2 Å². The molecule has 0 aliphatic carbocycles. The van der Waals surface area contributed by atoms with Gasteiger partial charge in [-0.3, -0.25) is 10.0 Å². The number of aromatic nitrogens is 1. The van der Waals surface area contributed by atoms with Crippen LogP contribution in [0, 0.1) is 35.0 Å². The van der Waals surface area contributed by atoms with Gasteiger partial charge in [-0.1, -0.05) is 11.8 Å². The summed E-state index contributed by atoms with van der Waals surface area (Å²) in [6.07, 6.45) is 0.676. The van der Waals surface area contributed by atoms with Crippen LogP contribution < -0.4 is 5.48 Å². The van der Waals surface area contributed by atoms with E-state index in [1.807, 2.05) is 18.2 Å². The standard InChI is InChI=1S/C21H23N3O4S2/c1-21(14-30(27)28,20(25)23-26)10-9-19-22-17-8-7-15(11-18(17)29-19)5-3-4-6-16-12-24(2)13-16/h7-8,11,16,26,30H,9-10,12-14H2,1-2H3,(H,23,25)/t21-/m0/s1. The molecule has 0 saturated carbocycles. The summed E-state index contributed by atoms with van der Waals surface area (Å²) in [6, 6.07) is 5.74. The lowest BCUT2D eigenvalue weighted by Gasteiger charge is -2.32. The fourth-order valence-electron chi connectivity index (χ4n) is 3.26. The summed E-state index contributed by atoms with van der Waals surface area (Å²) in [5, 5.41) is 9.73. The van der Waals surface area contributed by atoms with E-state index < -0.39 is 22.0 Å². The van der Waals surface area contributed by atoms with Crippen molar-refractivity contribution < 1.29 is 18.4 Å². The van der Waals surface area contributed by atoms with Crippen LogP contribution in [0.2, 0.25) is 0 Å². The third-order valence-electron chi connectivity index (χ3n) is 5.06. The first-order valence-electron chi connectivity index (χ1n) is 9.45. The normalized spacial score (nSPS) is 16.1. The average Bonchev–Trinajstić information content (AvgIpc) is 3.09. The summed E-state index contributed by atoms with van der Waals surface area (Å²) in [7, 11) is -0.695. The molecule has 3 rings (SSSR count). The molecule has 1 saturated heterocycles. The average molecular weight is 446 g/mol. The highest BCUT2D eigenvalue weighted by Crippen LogP contribution is 2.29. The third kappa shape index (κ3) is 5.59. The fraction of sp³-hybridized carbons (Fsp3) is 0.429.